The van der Waals surface area contributed by atoms with E-state index in [-0.39, 0.29) is 4.65 Å². The Balaban J connectivity index is 2.16. The normalized spacial score (nSPS) is 13.2. The molecule has 0 bridgehead atoms. The zero-order valence-electron chi connectivity index (χ0n) is 15.7. The minimum atomic E-state index is -0.376. The van der Waals surface area contributed by atoms with Crippen molar-refractivity contribution in [3.8, 4) is 22.7 Å². The predicted molar refractivity (Wildman–Crippen MR) is 108 cm³/mol. The molecule has 27 heavy (non-hydrogen) atoms. The topological polar surface area (TPSA) is 53.4 Å². The van der Waals surface area contributed by atoms with Crippen LogP contribution in [0.3, 0.4) is 0 Å². The molecular weight excluding hydrogens is 362 g/mol. The molecule has 1 aromatic heterocycles. The van der Waals surface area contributed by atoms with Crippen LogP contribution in [-0.2, 0) is 9.63 Å². The van der Waals surface area contributed by atoms with Gasteiger partial charge in [0.25, 0.3) is 5.82 Å². The average Bonchev–Trinajstić information content (AvgIpc) is 3.19. The highest BCUT2D eigenvalue weighted by Gasteiger charge is 2.31. The third-order valence-electron chi connectivity index (χ3n) is 4.43. The Hall–Kier alpha value is -2.61. The summed E-state index contributed by atoms with van der Waals surface area (Å²) in [5, 5.41) is 4.66. The number of thioether (sulfide) groups is 1. The molecule has 0 radical (unpaired) electrons. The van der Waals surface area contributed by atoms with Crippen LogP contribution >= 0.6 is 11.8 Å². The van der Waals surface area contributed by atoms with Crippen LogP contribution in [0.5, 0.6) is 5.75 Å². The second-order valence-electron chi connectivity index (χ2n) is 6.00. The van der Waals surface area contributed by atoms with Gasteiger partial charge in [0.05, 0.1) is 31.7 Å². The van der Waals surface area contributed by atoms with Crippen LogP contribution in [0.2, 0.25) is 0 Å². The summed E-state index contributed by atoms with van der Waals surface area (Å²) < 4.78 is 6.67. The van der Waals surface area contributed by atoms with E-state index in [0.29, 0.717) is 12.2 Å². The molecule has 0 fully saturated rings. The summed E-state index contributed by atoms with van der Waals surface area (Å²) in [7, 11) is 4.76. The summed E-state index contributed by atoms with van der Waals surface area (Å²) in [5.41, 5.74) is 2.72. The number of hydrogen-bond acceptors (Lipinski definition) is 5. The number of ether oxygens (including phenoxy) is 1. The van der Waals surface area contributed by atoms with Crippen molar-refractivity contribution < 1.29 is 14.4 Å². The summed E-state index contributed by atoms with van der Waals surface area (Å²) in [6.07, 6.45) is 2.75. The number of benzene rings is 2. The Labute approximate surface area is 162 Å². The van der Waals surface area contributed by atoms with E-state index >= 15 is 0 Å². The highest BCUT2D eigenvalue weighted by Crippen LogP contribution is 2.31. The average molecular weight is 384 g/mol. The van der Waals surface area contributed by atoms with Crippen molar-refractivity contribution in [2.75, 3.05) is 27.5 Å². The molecule has 0 aliphatic heterocycles. The molecule has 0 aliphatic rings. The van der Waals surface area contributed by atoms with Crippen molar-refractivity contribution in [3.05, 3.63) is 54.6 Å². The van der Waals surface area contributed by atoms with Crippen LogP contribution in [0.4, 0.5) is 5.82 Å². The van der Waals surface area contributed by atoms with Crippen molar-refractivity contribution in [3.63, 3.8) is 0 Å². The summed E-state index contributed by atoms with van der Waals surface area (Å²) in [6, 6.07) is 17.7. The Morgan fingerprint density at radius 1 is 1.07 bits per heavy atom. The van der Waals surface area contributed by atoms with Gasteiger partial charge in [-0.2, -0.15) is 4.84 Å². The molecule has 140 valence electrons. The van der Waals surface area contributed by atoms with Gasteiger partial charge in [-0.1, -0.05) is 16.8 Å². The summed E-state index contributed by atoms with van der Waals surface area (Å²) in [5.74, 6) is 1.26. The number of nitrogens with zero attached hydrogens (tertiary/aromatic N) is 3. The number of carbonyl (C=O) groups excluding carboxylic acids is 1. The number of hydroxylamine groups is 2. The second kappa shape index (κ2) is 7.96. The summed E-state index contributed by atoms with van der Waals surface area (Å²) >= 11 is 1.69. The lowest BCUT2D eigenvalue weighted by Crippen LogP contribution is -2.42. The summed E-state index contributed by atoms with van der Waals surface area (Å²) in [6.45, 7) is 0. The fraction of sp³-hybridized carbons (Fsp3) is 0.200. The standard InChI is InChI=1S/C20H22N3O3S/c1-23(14-24,26-3)20-13-19(15-5-11-18(27-4)12-6-15)22(21-20)16-7-9-17(25-2)10-8-16/h5-14H,1-4H3/q+1. The van der Waals surface area contributed by atoms with E-state index in [1.54, 1.807) is 25.9 Å². The number of aromatic nitrogens is 2. The maximum atomic E-state index is 11.6. The minimum Gasteiger partial charge on any atom is -0.497 e. The highest BCUT2D eigenvalue weighted by atomic mass is 32.2. The Bertz CT molecular complexity index is 858. The number of methoxy groups -OCH3 is 1. The van der Waals surface area contributed by atoms with Crippen molar-refractivity contribution >= 4 is 24.0 Å². The maximum Gasteiger partial charge on any atom is 0.340 e. The first-order valence-corrected chi connectivity index (χ1v) is 9.55. The van der Waals surface area contributed by atoms with Crippen LogP contribution in [0.1, 0.15) is 0 Å². The minimum absolute atomic E-state index is 0.376. The molecule has 1 amide bonds. The van der Waals surface area contributed by atoms with Crippen LogP contribution in [0.15, 0.2) is 59.5 Å². The molecule has 0 saturated heterocycles. The van der Waals surface area contributed by atoms with Gasteiger partial charge in [-0.25, -0.2) is 9.48 Å². The molecule has 1 atom stereocenters. The number of rotatable bonds is 7. The van der Waals surface area contributed by atoms with Crippen LogP contribution in [0.25, 0.3) is 16.9 Å². The fourth-order valence-electron chi connectivity index (χ4n) is 2.66. The van der Waals surface area contributed by atoms with E-state index in [9.17, 15) is 4.79 Å². The van der Waals surface area contributed by atoms with Crippen LogP contribution in [-0.4, -0.2) is 43.7 Å². The van der Waals surface area contributed by atoms with Gasteiger partial charge in [0, 0.05) is 10.5 Å². The molecule has 0 saturated carbocycles. The molecular formula is C20H22N3O3S+. The van der Waals surface area contributed by atoms with Gasteiger partial charge in [0.1, 0.15) is 12.8 Å². The smallest absolute Gasteiger partial charge is 0.340 e. The van der Waals surface area contributed by atoms with Gasteiger partial charge in [-0.05, 0) is 42.7 Å². The van der Waals surface area contributed by atoms with Crippen LogP contribution in [0, 0.1) is 0 Å². The van der Waals surface area contributed by atoms with Gasteiger partial charge in [0.15, 0.2) is 0 Å². The molecule has 1 unspecified atom stereocenters. The van der Waals surface area contributed by atoms with E-state index in [2.05, 4.69) is 17.2 Å². The molecule has 1 heterocycles. The quantitative estimate of drug-likeness (QED) is 0.267. The van der Waals surface area contributed by atoms with Gasteiger partial charge in [0.2, 0.25) is 0 Å². The summed E-state index contributed by atoms with van der Waals surface area (Å²) in [4.78, 5) is 18.1. The zero-order chi connectivity index (χ0) is 19.4. The van der Waals surface area contributed by atoms with E-state index in [4.69, 9.17) is 9.57 Å². The molecule has 0 spiro atoms. The maximum absolute atomic E-state index is 11.6. The molecule has 3 rings (SSSR count). The van der Waals surface area contributed by atoms with Gasteiger partial charge < -0.3 is 4.74 Å². The van der Waals surface area contributed by atoms with Gasteiger partial charge in [-0.15, -0.1) is 16.9 Å². The Kier molecular flexibility index (Phi) is 5.65. The lowest BCUT2D eigenvalue weighted by molar-refractivity contribution is -0.150. The molecule has 0 aliphatic carbocycles. The number of hydrogen-bond donors (Lipinski definition) is 0. The van der Waals surface area contributed by atoms with E-state index in [0.717, 1.165) is 22.7 Å². The Morgan fingerprint density at radius 2 is 1.74 bits per heavy atom. The number of quaternary nitrogens is 1. The monoisotopic (exact) mass is 384 g/mol. The van der Waals surface area contributed by atoms with Crippen molar-refractivity contribution in [2.45, 2.75) is 4.90 Å². The van der Waals surface area contributed by atoms with E-state index in [1.165, 1.54) is 12.0 Å². The SMILES string of the molecule is COc1ccc(-n2nc([N+](C)(C=O)OC)cc2-c2ccc(SC)cc2)cc1. The largest absolute Gasteiger partial charge is 0.497 e. The van der Waals surface area contributed by atoms with E-state index in [1.807, 2.05) is 53.4 Å². The van der Waals surface area contributed by atoms with Crippen molar-refractivity contribution in [2.24, 2.45) is 0 Å². The Morgan fingerprint density at radius 3 is 2.26 bits per heavy atom. The first-order valence-electron chi connectivity index (χ1n) is 8.32. The van der Waals surface area contributed by atoms with E-state index < -0.39 is 0 Å². The molecule has 2 aromatic carbocycles. The van der Waals surface area contributed by atoms with Crippen LogP contribution < -0.4 is 9.38 Å². The third kappa shape index (κ3) is 3.75. The lowest BCUT2D eigenvalue weighted by Gasteiger charge is -2.18. The molecule has 3 aromatic rings. The second-order valence-corrected chi connectivity index (χ2v) is 6.88. The zero-order valence-corrected chi connectivity index (χ0v) is 16.6. The van der Waals surface area contributed by atoms with Gasteiger partial charge in [-0.3, -0.25) is 0 Å². The number of carbonyl (C=O) groups is 1. The van der Waals surface area contributed by atoms with Crippen molar-refractivity contribution in [1.82, 2.24) is 14.4 Å². The molecule has 6 nitrogen and oxygen atoms in total. The third-order valence-corrected chi connectivity index (χ3v) is 5.18. The number of amides is 1. The fourth-order valence-corrected chi connectivity index (χ4v) is 3.07. The predicted octanol–water partition coefficient (Wildman–Crippen LogP) is 3.92. The lowest BCUT2D eigenvalue weighted by atomic mass is 10.1. The van der Waals surface area contributed by atoms with Crippen molar-refractivity contribution in [1.29, 1.82) is 0 Å². The molecule has 7 heteroatoms. The first-order chi connectivity index (χ1) is 13.0. The first kappa shape index (κ1) is 19.2. The van der Waals surface area contributed by atoms with Gasteiger partial charge >= 0.3 is 6.41 Å². The highest BCUT2D eigenvalue weighted by molar-refractivity contribution is 7.98. The molecule has 0 N–H and O–H groups in total.